The third-order valence-corrected chi connectivity index (χ3v) is 3.56. The third-order valence-electron chi connectivity index (χ3n) is 2.41. The lowest BCUT2D eigenvalue weighted by molar-refractivity contribution is 0.832. The van der Waals surface area contributed by atoms with Crippen LogP contribution < -0.4 is 5.32 Å². The molecule has 3 aromatic rings. The second kappa shape index (κ2) is 4.51. The van der Waals surface area contributed by atoms with Gasteiger partial charge in [0.25, 0.3) is 5.78 Å². The molecule has 0 radical (unpaired) electrons. The molecule has 8 heteroatoms. The van der Waals surface area contributed by atoms with Gasteiger partial charge in [0.05, 0.1) is 6.04 Å². The van der Waals surface area contributed by atoms with Gasteiger partial charge in [0.15, 0.2) is 0 Å². The molecule has 0 saturated heterocycles. The average molecular weight is 281 g/mol. The molecule has 1 N–H and O–H groups in total. The van der Waals surface area contributed by atoms with Crippen LogP contribution in [0, 0.1) is 0 Å². The van der Waals surface area contributed by atoms with Crippen molar-refractivity contribution in [3.05, 3.63) is 34.1 Å². The molecule has 18 heavy (non-hydrogen) atoms. The zero-order chi connectivity index (χ0) is 12.5. The van der Waals surface area contributed by atoms with Crippen molar-refractivity contribution in [1.29, 1.82) is 0 Å². The molecule has 1 unspecified atom stereocenters. The number of fused-ring (bicyclic) bond motifs is 1. The molecule has 92 valence electrons. The van der Waals surface area contributed by atoms with Gasteiger partial charge in [-0.05, 0) is 6.92 Å². The number of thiazole rings is 1. The average Bonchev–Trinajstić information content (AvgIpc) is 2.98. The smallest absolute Gasteiger partial charge is 0.255 e. The molecule has 0 aliphatic heterocycles. The summed E-state index contributed by atoms with van der Waals surface area (Å²) in [4.78, 5) is 12.3. The van der Waals surface area contributed by atoms with Crippen molar-refractivity contribution in [1.82, 2.24) is 24.6 Å². The fraction of sp³-hybridized carbons (Fsp3) is 0.200. The Morgan fingerprint density at radius 3 is 3.11 bits per heavy atom. The Bertz CT molecular complexity index is 664. The van der Waals surface area contributed by atoms with Gasteiger partial charge in [0.2, 0.25) is 0 Å². The fourth-order valence-corrected chi connectivity index (χ4v) is 2.44. The highest BCUT2D eigenvalue weighted by molar-refractivity contribution is 7.09. The number of nitrogens with zero attached hydrogens (tertiary/aromatic N) is 5. The van der Waals surface area contributed by atoms with E-state index in [0.29, 0.717) is 10.9 Å². The largest absolute Gasteiger partial charge is 0.361 e. The quantitative estimate of drug-likeness (QED) is 0.746. The van der Waals surface area contributed by atoms with Gasteiger partial charge in [-0.2, -0.15) is 19.6 Å². The van der Waals surface area contributed by atoms with Crippen molar-refractivity contribution in [2.24, 2.45) is 0 Å². The Morgan fingerprint density at radius 1 is 1.44 bits per heavy atom. The lowest BCUT2D eigenvalue weighted by Gasteiger charge is -2.13. The summed E-state index contributed by atoms with van der Waals surface area (Å²) in [6, 6.07) is 1.78. The Balaban J connectivity index is 1.97. The minimum atomic E-state index is 0.0656. The number of nitrogens with one attached hydrogen (secondary N) is 1. The van der Waals surface area contributed by atoms with E-state index in [-0.39, 0.29) is 6.04 Å². The van der Waals surface area contributed by atoms with Gasteiger partial charge in [-0.15, -0.1) is 11.3 Å². The van der Waals surface area contributed by atoms with Crippen molar-refractivity contribution < 1.29 is 0 Å². The predicted molar refractivity (Wildman–Crippen MR) is 69.9 cm³/mol. The monoisotopic (exact) mass is 280 g/mol. The summed E-state index contributed by atoms with van der Waals surface area (Å²) in [5.74, 6) is 1.21. The van der Waals surface area contributed by atoms with Gasteiger partial charge in [-0.25, -0.2) is 4.98 Å². The third kappa shape index (κ3) is 2.02. The minimum absolute atomic E-state index is 0.0656. The van der Waals surface area contributed by atoms with Crippen LogP contribution >= 0.6 is 22.9 Å². The van der Waals surface area contributed by atoms with E-state index in [4.69, 9.17) is 11.6 Å². The van der Waals surface area contributed by atoms with Crippen LogP contribution in [-0.4, -0.2) is 24.6 Å². The second-order valence-electron chi connectivity index (χ2n) is 3.67. The Labute approximate surface area is 112 Å². The van der Waals surface area contributed by atoms with Crippen molar-refractivity contribution in [3.63, 3.8) is 0 Å². The van der Waals surface area contributed by atoms with Crippen LogP contribution in [0.5, 0.6) is 0 Å². The van der Waals surface area contributed by atoms with Crippen LogP contribution in [0.2, 0.25) is 5.15 Å². The minimum Gasteiger partial charge on any atom is -0.361 e. The normalized spacial score (nSPS) is 12.8. The van der Waals surface area contributed by atoms with E-state index < -0.39 is 0 Å². The Morgan fingerprint density at radius 2 is 2.33 bits per heavy atom. The van der Waals surface area contributed by atoms with Crippen molar-refractivity contribution >= 4 is 34.5 Å². The standard InChI is InChI=1S/C10H9ClN6S/c1-6(9-12-2-3-18-9)15-8-4-7(11)16-10-13-5-14-17(8)10/h2-6,15H,1H3. The molecule has 0 aliphatic rings. The summed E-state index contributed by atoms with van der Waals surface area (Å²) in [5.41, 5.74) is 0. The summed E-state index contributed by atoms with van der Waals surface area (Å²) < 4.78 is 1.61. The maximum atomic E-state index is 5.94. The Kier molecular flexibility index (Phi) is 2.85. The van der Waals surface area contributed by atoms with E-state index in [2.05, 4.69) is 25.4 Å². The topological polar surface area (TPSA) is 68.0 Å². The number of hydrogen-bond acceptors (Lipinski definition) is 6. The fourth-order valence-electron chi connectivity index (χ4n) is 1.62. The molecule has 0 fully saturated rings. The summed E-state index contributed by atoms with van der Waals surface area (Å²) in [7, 11) is 0. The lowest BCUT2D eigenvalue weighted by Crippen LogP contribution is -2.10. The summed E-state index contributed by atoms with van der Waals surface area (Å²) in [5, 5.41) is 10.7. The van der Waals surface area contributed by atoms with Gasteiger partial charge in [0, 0.05) is 17.6 Å². The van der Waals surface area contributed by atoms with Crippen LogP contribution in [0.1, 0.15) is 18.0 Å². The molecule has 3 heterocycles. The van der Waals surface area contributed by atoms with Crippen molar-refractivity contribution in [2.45, 2.75) is 13.0 Å². The highest BCUT2D eigenvalue weighted by Crippen LogP contribution is 2.22. The van der Waals surface area contributed by atoms with E-state index in [0.717, 1.165) is 10.8 Å². The second-order valence-corrected chi connectivity index (χ2v) is 4.99. The summed E-state index contributed by atoms with van der Waals surface area (Å²) >= 11 is 7.54. The molecule has 3 aromatic heterocycles. The van der Waals surface area contributed by atoms with Gasteiger partial charge in [-0.3, -0.25) is 0 Å². The molecule has 0 bridgehead atoms. The highest BCUT2D eigenvalue weighted by Gasteiger charge is 2.12. The first-order chi connectivity index (χ1) is 8.74. The van der Waals surface area contributed by atoms with Crippen LogP contribution in [-0.2, 0) is 0 Å². The maximum Gasteiger partial charge on any atom is 0.255 e. The van der Waals surface area contributed by atoms with Crippen LogP contribution in [0.25, 0.3) is 5.78 Å². The summed E-state index contributed by atoms with van der Waals surface area (Å²) in [6.07, 6.45) is 3.22. The highest BCUT2D eigenvalue weighted by atomic mass is 35.5. The molecule has 0 aliphatic carbocycles. The first-order valence-corrected chi connectivity index (χ1v) is 6.52. The first-order valence-electron chi connectivity index (χ1n) is 5.26. The number of anilines is 1. The molecule has 0 spiro atoms. The summed E-state index contributed by atoms with van der Waals surface area (Å²) in [6.45, 7) is 2.02. The number of aromatic nitrogens is 5. The van der Waals surface area contributed by atoms with Gasteiger partial charge < -0.3 is 5.32 Å². The van der Waals surface area contributed by atoms with E-state index >= 15 is 0 Å². The van der Waals surface area contributed by atoms with E-state index in [1.165, 1.54) is 6.33 Å². The molecule has 0 amide bonds. The van der Waals surface area contributed by atoms with Crippen LogP contribution in [0.15, 0.2) is 24.0 Å². The van der Waals surface area contributed by atoms with Crippen molar-refractivity contribution in [3.8, 4) is 0 Å². The zero-order valence-corrected chi connectivity index (χ0v) is 11.0. The predicted octanol–water partition coefficient (Wildman–Crippen LogP) is 2.41. The van der Waals surface area contributed by atoms with E-state index in [9.17, 15) is 0 Å². The first kappa shape index (κ1) is 11.4. The molecule has 0 saturated carbocycles. The molecule has 0 aromatic carbocycles. The molecular weight excluding hydrogens is 272 g/mol. The SMILES string of the molecule is CC(Nc1cc(Cl)nc2ncnn12)c1nccs1. The number of hydrogen-bond donors (Lipinski definition) is 1. The maximum absolute atomic E-state index is 5.94. The lowest BCUT2D eigenvalue weighted by atomic mass is 10.3. The molecule has 3 rings (SSSR count). The van der Waals surface area contributed by atoms with Crippen LogP contribution in [0.4, 0.5) is 5.82 Å². The van der Waals surface area contributed by atoms with Gasteiger partial charge in [-0.1, -0.05) is 11.6 Å². The molecule has 6 nitrogen and oxygen atoms in total. The molecular formula is C10H9ClN6S. The molecule has 1 atom stereocenters. The van der Waals surface area contributed by atoms with Gasteiger partial charge in [0.1, 0.15) is 22.3 Å². The number of rotatable bonds is 3. The Hall–Kier alpha value is -1.73. The zero-order valence-electron chi connectivity index (χ0n) is 9.41. The van der Waals surface area contributed by atoms with E-state index in [1.807, 2.05) is 12.3 Å². The van der Waals surface area contributed by atoms with Gasteiger partial charge >= 0.3 is 0 Å². The van der Waals surface area contributed by atoms with Crippen LogP contribution in [0.3, 0.4) is 0 Å². The van der Waals surface area contributed by atoms with Crippen molar-refractivity contribution in [2.75, 3.05) is 5.32 Å². The number of halogens is 1. The van der Waals surface area contributed by atoms with E-state index in [1.54, 1.807) is 28.1 Å².